The van der Waals surface area contributed by atoms with Crippen molar-refractivity contribution in [3.8, 4) is 67.5 Å². The third-order valence-corrected chi connectivity index (χ3v) is 13.1. The Bertz CT molecular complexity index is 3630. The predicted octanol–water partition coefficient (Wildman–Crippen LogP) is 15.7. The van der Waals surface area contributed by atoms with Crippen LogP contribution in [-0.4, -0.2) is 15.0 Å². The van der Waals surface area contributed by atoms with Gasteiger partial charge in [-0.1, -0.05) is 188 Å². The Kier molecular flexibility index (Phi) is 8.36. The molecule has 0 amide bonds. The second-order valence-corrected chi connectivity index (χ2v) is 16.6. The van der Waals surface area contributed by atoms with Crippen LogP contribution in [0.5, 0.6) is 0 Å². The standard InChI is InChI=1S/C57H35N3S/c1-3-13-36(14-4-1)37-25-27-39(28-26-37)56-58-55(38-15-5-2-6-16-38)59-57(60-56)43-18-11-17-40(33-43)41-29-32-50-51(34-41)46-20-8-7-19-45(46)49-23-12-22-44(54(49)50)42-30-31-48-47-21-9-10-24-52(47)61-53(48)35-42/h1-35H. The molecule has 0 aliphatic carbocycles. The Hall–Kier alpha value is -7.79. The fourth-order valence-corrected chi connectivity index (χ4v) is 10.1. The fourth-order valence-electron chi connectivity index (χ4n) is 8.95. The van der Waals surface area contributed by atoms with Crippen LogP contribution in [0.25, 0.3) is 120 Å². The molecular weight excluding hydrogens is 759 g/mol. The molecule has 4 heteroatoms. The predicted molar refractivity (Wildman–Crippen MR) is 258 cm³/mol. The lowest BCUT2D eigenvalue weighted by Gasteiger charge is -2.16. The summed E-state index contributed by atoms with van der Waals surface area (Å²) in [6, 6.07) is 75.9. The van der Waals surface area contributed by atoms with E-state index >= 15 is 0 Å². The van der Waals surface area contributed by atoms with Crippen LogP contribution in [0, 0.1) is 0 Å². The first-order chi connectivity index (χ1) is 30.2. The number of thiophene rings is 1. The van der Waals surface area contributed by atoms with Gasteiger partial charge in [-0.15, -0.1) is 11.3 Å². The summed E-state index contributed by atoms with van der Waals surface area (Å²) >= 11 is 1.87. The fraction of sp³-hybridized carbons (Fsp3) is 0. The van der Waals surface area contributed by atoms with E-state index in [4.69, 9.17) is 15.0 Å². The molecule has 0 bridgehead atoms. The molecule has 284 valence electrons. The molecule has 12 aromatic rings. The summed E-state index contributed by atoms with van der Waals surface area (Å²) in [5, 5.41) is 10.1. The Balaban J connectivity index is 0.988. The zero-order valence-electron chi connectivity index (χ0n) is 33.0. The minimum absolute atomic E-state index is 0.635. The van der Waals surface area contributed by atoms with E-state index in [9.17, 15) is 0 Å². The first-order valence-corrected chi connectivity index (χ1v) is 21.4. The Morgan fingerprint density at radius 3 is 1.48 bits per heavy atom. The summed E-state index contributed by atoms with van der Waals surface area (Å²) in [4.78, 5) is 15.2. The molecule has 0 saturated carbocycles. The van der Waals surface area contributed by atoms with Crippen molar-refractivity contribution in [3.05, 3.63) is 212 Å². The lowest BCUT2D eigenvalue weighted by Crippen LogP contribution is -2.00. The van der Waals surface area contributed by atoms with E-state index in [1.165, 1.54) is 69.2 Å². The van der Waals surface area contributed by atoms with Crippen LogP contribution in [0.1, 0.15) is 0 Å². The molecule has 10 aromatic carbocycles. The maximum absolute atomic E-state index is 5.11. The summed E-state index contributed by atoms with van der Waals surface area (Å²) in [6.07, 6.45) is 0. The highest BCUT2D eigenvalue weighted by atomic mass is 32.1. The van der Waals surface area contributed by atoms with Crippen molar-refractivity contribution >= 4 is 63.8 Å². The average molecular weight is 794 g/mol. The van der Waals surface area contributed by atoms with Gasteiger partial charge in [-0.3, -0.25) is 0 Å². The molecule has 3 nitrogen and oxygen atoms in total. The minimum Gasteiger partial charge on any atom is -0.208 e. The van der Waals surface area contributed by atoms with Crippen molar-refractivity contribution in [1.82, 2.24) is 15.0 Å². The highest BCUT2D eigenvalue weighted by molar-refractivity contribution is 7.25. The van der Waals surface area contributed by atoms with Gasteiger partial charge >= 0.3 is 0 Å². The zero-order chi connectivity index (χ0) is 40.3. The van der Waals surface area contributed by atoms with Crippen LogP contribution in [0.4, 0.5) is 0 Å². The molecule has 0 spiro atoms. The highest BCUT2D eigenvalue weighted by Crippen LogP contribution is 2.43. The van der Waals surface area contributed by atoms with E-state index in [-0.39, 0.29) is 0 Å². The average Bonchev–Trinajstić information content (AvgIpc) is 3.72. The molecular formula is C57H35N3S. The van der Waals surface area contributed by atoms with Gasteiger partial charge < -0.3 is 0 Å². The lowest BCUT2D eigenvalue weighted by molar-refractivity contribution is 1.07. The normalized spacial score (nSPS) is 11.6. The monoisotopic (exact) mass is 793 g/mol. The summed E-state index contributed by atoms with van der Waals surface area (Å²) in [5.74, 6) is 1.92. The van der Waals surface area contributed by atoms with Crippen LogP contribution >= 0.6 is 11.3 Å². The molecule has 0 atom stereocenters. The molecule has 0 aliphatic heterocycles. The second kappa shape index (κ2) is 14.5. The van der Waals surface area contributed by atoms with Gasteiger partial charge in [0.2, 0.25) is 0 Å². The minimum atomic E-state index is 0.635. The van der Waals surface area contributed by atoms with Gasteiger partial charge in [-0.05, 0) is 90.0 Å². The number of rotatable bonds is 6. The van der Waals surface area contributed by atoms with Gasteiger partial charge in [-0.25, -0.2) is 15.0 Å². The number of aromatic nitrogens is 3. The molecule has 61 heavy (non-hydrogen) atoms. The van der Waals surface area contributed by atoms with Crippen molar-refractivity contribution < 1.29 is 0 Å². The van der Waals surface area contributed by atoms with Crippen molar-refractivity contribution in [2.75, 3.05) is 0 Å². The maximum Gasteiger partial charge on any atom is 0.164 e. The molecule has 0 radical (unpaired) electrons. The maximum atomic E-state index is 5.11. The highest BCUT2D eigenvalue weighted by Gasteiger charge is 2.17. The van der Waals surface area contributed by atoms with Crippen LogP contribution in [0.15, 0.2) is 212 Å². The van der Waals surface area contributed by atoms with Gasteiger partial charge in [0.25, 0.3) is 0 Å². The molecule has 0 aliphatic rings. The van der Waals surface area contributed by atoms with Gasteiger partial charge in [0.1, 0.15) is 0 Å². The van der Waals surface area contributed by atoms with E-state index < -0.39 is 0 Å². The van der Waals surface area contributed by atoms with Gasteiger partial charge in [-0.2, -0.15) is 0 Å². The molecule has 2 heterocycles. The summed E-state index contributed by atoms with van der Waals surface area (Å²) in [6.45, 7) is 0. The van der Waals surface area contributed by atoms with Crippen LogP contribution in [0.2, 0.25) is 0 Å². The molecule has 0 unspecified atom stereocenters. The smallest absolute Gasteiger partial charge is 0.164 e. The van der Waals surface area contributed by atoms with Crippen LogP contribution in [-0.2, 0) is 0 Å². The molecule has 0 saturated heterocycles. The van der Waals surface area contributed by atoms with Gasteiger partial charge in [0.05, 0.1) is 0 Å². The number of nitrogens with zero attached hydrogens (tertiary/aromatic N) is 3. The van der Waals surface area contributed by atoms with Crippen LogP contribution in [0.3, 0.4) is 0 Å². The number of hydrogen-bond donors (Lipinski definition) is 0. The number of fused-ring (bicyclic) bond motifs is 9. The SMILES string of the molecule is c1ccc(-c2ccc(-c3nc(-c4ccccc4)nc(-c4cccc(-c5ccc6c(c5)c5ccccc5c5cccc(-c7ccc8c(c7)sc7ccccc78)c56)c4)n3)cc2)cc1. The summed E-state index contributed by atoms with van der Waals surface area (Å²) in [7, 11) is 0. The number of hydrogen-bond acceptors (Lipinski definition) is 4. The topological polar surface area (TPSA) is 38.7 Å². The van der Waals surface area contributed by atoms with Crippen LogP contribution < -0.4 is 0 Å². The number of benzene rings is 10. The lowest BCUT2D eigenvalue weighted by atomic mass is 9.88. The van der Waals surface area contributed by atoms with E-state index in [1.54, 1.807) is 0 Å². The molecule has 0 N–H and O–H groups in total. The van der Waals surface area contributed by atoms with Crippen molar-refractivity contribution in [2.45, 2.75) is 0 Å². The van der Waals surface area contributed by atoms with E-state index in [0.717, 1.165) is 33.4 Å². The Morgan fingerprint density at radius 1 is 0.246 bits per heavy atom. The largest absolute Gasteiger partial charge is 0.208 e. The van der Waals surface area contributed by atoms with Crippen molar-refractivity contribution in [1.29, 1.82) is 0 Å². The third-order valence-electron chi connectivity index (χ3n) is 11.9. The first kappa shape index (κ1) is 35.2. The second-order valence-electron chi connectivity index (χ2n) is 15.5. The van der Waals surface area contributed by atoms with E-state index in [2.05, 4.69) is 188 Å². The van der Waals surface area contributed by atoms with Crippen molar-refractivity contribution in [3.63, 3.8) is 0 Å². The molecule has 0 fully saturated rings. The van der Waals surface area contributed by atoms with E-state index in [1.807, 2.05) is 35.6 Å². The first-order valence-electron chi connectivity index (χ1n) is 20.6. The zero-order valence-corrected chi connectivity index (χ0v) is 33.8. The summed E-state index contributed by atoms with van der Waals surface area (Å²) < 4.78 is 2.63. The third kappa shape index (κ3) is 6.16. The molecule has 12 rings (SSSR count). The van der Waals surface area contributed by atoms with Crippen molar-refractivity contribution in [2.24, 2.45) is 0 Å². The summed E-state index contributed by atoms with van der Waals surface area (Å²) in [5.41, 5.74) is 9.85. The van der Waals surface area contributed by atoms with E-state index in [0.29, 0.717) is 17.5 Å². The Labute approximate surface area is 356 Å². The van der Waals surface area contributed by atoms with Gasteiger partial charge in [0.15, 0.2) is 17.5 Å². The molecule has 2 aromatic heterocycles. The van der Waals surface area contributed by atoms with Gasteiger partial charge in [0, 0.05) is 36.9 Å². The quantitative estimate of drug-likeness (QED) is 0.157. The Morgan fingerprint density at radius 2 is 0.705 bits per heavy atom.